The lowest BCUT2D eigenvalue weighted by molar-refractivity contribution is -0.383. The molecule has 0 fully saturated rings. The van der Waals surface area contributed by atoms with Crippen LogP contribution in [0.4, 0.5) is 11.4 Å². The van der Waals surface area contributed by atoms with Gasteiger partial charge in [-0.15, -0.1) is 0 Å². The molecular formula is C12H16N2O5. The summed E-state index contributed by atoms with van der Waals surface area (Å²) in [4.78, 5) is 21.7. The van der Waals surface area contributed by atoms with Crippen LogP contribution in [0.3, 0.4) is 0 Å². The Bertz CT molecular complexity index is 461. The normalized spacial score (nSPS) is 10.2. The van der Waals surface area contributed by atoms with Gasteiger partial charge in [0.2, 0.25) is 0 Å². The molecule has 7 nitrogen and oxygen atoms in total. The van der Waals surface area contributed by atoms with E-state index in [1.54, 1.807) is 0 Å². The molecule has 1 aromatic carbocycles. The number of rotatable bonds is 7. The highest BCUT2D eigenvalue weighted by atomic mass is 16.6. The number of ether oxygens (including phenoxy) is 2. The molecule has 0 aromatic heterocycles. The highest BCUT2D eigenvalue weighted by molar-refractivity contribution is 5.91. The summed E-state index contributed by atoms with van der Waals surface area (Å²) < 4.78 is 10.1. The summed E-state index contributed by atoms with van der Waals surface area (Å²) in [6.07, 6.45) is 0.887. The fourth-order valence-electron chi connectivity index (χ4n) is 1.35. The van der Waals surface area contributed by atoms with Gasteiger partial charge in [0.05, 0.1) is 17.1 Å². The molecule has 7 heteroatoms. The van der Waals surface area contributed by atoms with Crippen molar-refractivity contribution < 1.29 is 19.2 Å². The first kappa shape index (κ1) is 14.9. The number of carbonyl (C=O) groups is 1. The van der Waals surface area contributed by atoms with Crippen molar-refractivity contribution in [1.29, 1.82) is 0 Å². The predicted molar refractivity (Wildman–Crippen MR) is 68.9 cm³/mol. The fourth-order valence-corrected chi connectivity index (χ4v) is 1.35. The summed E-state index contributed by atoms with van der Waals surface area (Å²) in [6.45, 7) is 2.98. The van der Waals surface area contributed by atoms with Crippen LogP contribution < -0.4 is 5.73 Å². The summed E-state index contributed by atoms with van der Waals surface area (Å²) in [5.41, 5.74) is 5.22. The Kier molecular flexibility index (Phi) is 5.74. The van der Waals surface area contributed by atoms with E-state index >= 15 is 0 Å². The van der Waals surface area contributed by atoms with E-state index in [1.807, 2.05) is 6.92 Å². The molecule has 0 unspecified atom stereocenters. The summed E-state index contributed by atoms with van der Waals surface area (Å²) in [5, 5.41) is 10.7. The molecule has 1 rings (SSSR count). The molecule has 0 heterocycles. The van der Waals surface area contributed by atoms with Gasteiger partial charge in [0.15, 0.2) is 0 Å². The maximum atomic E-state index is 11.6. The first-order valence-corrected chi connectivity index (χ1v) is 5.85. The fraction of sp³-hybridized carbons (Fsp3) is 0.417. The molecule has 0 saturated carbocycles. The Hall–Kier alpha value is -2.15. The number of nitrogens with zero attached hydrogens (tertiary/aromatic N) is 1. The lowest BCUT2D eigenvalue weighted by Crippen LogP contribution is -2.11. The Morgan fingerprint density at radius 2 is 2.11 bits per heavy atom. The number of nitro benzene ring substituents is 1. The third kappa shape index (κ3) is 4.55. The van der Waals surface area contributed by atoms with Crippen LogP contribution in [-0.2, 0) is 9.47 Å². The van der Waals surface area contributed by atoms with Gasteiger partial charge < -0.3 is 15.2 Å². The molecule has 2 N–H and O–H groups in total. The van der Waals surface area contributed by atoms with Crippen LogP contribution in [-0.4, -0.2) is 30.7 Å². The number of nitro groups is 1. The summed E-state index contributed by atoms with van der Waals surface area (Å²) >= 11 is 0. The van der Waals surface area contributed by atoms with Gasteiger partial charge in [-0.25, -0.2) is 4.79 Å². The molecule has 0 aliphatic rings. The highest BCUT2D eigenvalue weighted by Crippen LogP contribution is 2.22. The molecule has 19 heavy (non-hydrogen) atoms. The van der Waals surface area contributed by atoms with E-state index in [2.05, 4.69) is 0 Å². The second-order valence-corrected chi connectivity index (χ2v) is 3.78. The zero-order valence-corrected chi connectivity index (χ0v) is 10.6. The lowest BCUT2D eigenvalue weighted by Gasteiger charge is -2.06. The maximum Gasteiger partial charge on any atom is 0.338 e. The average Bonchev–Trinajstić information content (AvgIpc) is 2.38. The van der Waals surface area contributed by atoms with Gasteiger partial charge in [0.1, 0.15) is 12.3 Å². The van der Waals surface area contributed by atoms with Gasteiger partial charge >= 0.3 is 5.97 Å². The maximum absolute atomic E-state index is 11.6. The van der Waals surface area contributed by atoms with Crippen molar-refractivity contribution in [3.05, 3.63) is 33.9 Å². The molecule has 1 aromatic rings. The van der Waals surface area contributed by atoms with E-state index in [0.29, 0.717) is 13.2 Å². The Morgan fingerprint density at radius 3 is 2.74 bits per heavy atom. The van der Waals surface area contributed by atoms with Gasteiger partial charge in [0, 0.05) is 12.7 Å². The van der Waals surface area contributed by atoms with E-state index in [0.717, 1.165) is 12.5 Å². The summed E-state index contributed by atoms with van der Waals surface area (Å²) in [6, 6.07) is 3.80. The predicted octanol–water partition coefficient (Wildman–Crippen LogP) is 1.76. The van der Waals surface area contributed by atoms with Crippen molar-refractivity contribution >= 4 is 17.3 Å². The average molecular weight is 268 g/mol. The van der Waals surface area contributed by atoms with Crippen LogP contribution >= 0.6 is 0 Å². The number of carbonyl (C=O) groups excluding carboxylic acids is 1. The van der Waals surface area contributed by atoms with E-state index in [1.165, 1.54) is 12.1 Å². The van der Waals surface area contributed by atoms with Gasteiger partial charge in [-0.1, -0.05) is 6.92 Å². The topological polar surface area (TPSA) is 105 Å². The smallest absolute Gasteiger partial charge is 0.338 e. The van der Waals surface area contributed by atoms with Gasteiger partial charge in [-0.2, -0.15) is 0 Å². The van der Waals surface area contributed by atoms with Crippen LogP contribution in [0.5, 0.6) is 0 Å². The Morgan fingerprint density at radius 1 is 1.37 bits per heavy atom. The quantitative estimate of drug-likeness (QED) is 0.265. The molecule has 0 atom stereocenters. The van der Waals surface area contributed by atoms with Crippen molar-refractivity contribution in [3.63, 3.8) is 0 Å². The van der Waals surface area contributed by atoms with Crippen molar-refractivity contribution in [3.8, 4) is 0 Å². The lowest BCUT2D eigenvalue weighted by atomic mass is 10.2. The standard InChI is InChI=1S/C12H16N2O5/c1-2-5-18-6-7-19-12(15)9-3-4-10(13)11(8-9)14(16)17/h3-4,8H,2,5-7,13H2,1H3. The number of hydrogen-bond acceptors (Lipinski definition) is 6. The summed E-state index contributed by atoms with van der Waals surface area (Å²) in [7, 11) is 0. The second-order valence-electron chi connectivity index (χ2n) is 3.78. The largest absolute Gasteiger partial charge is 0.460 e. The monoisotopic (exact) mass is 268 g/mol. The van der Waals surface area contributed by atoms with E-state index in [4.69, 9.17) is 15.2 Å². The van der Waals surface area contributed by atoms with Gasteiger partial charge in [0.25, 0.3) is 5.69 Å². The third-order valence-corrected chi connectivity index (χ3v) is 2.27. The highest BCUT2D eigenvalue weighted by Gasteiger charge is 2.16. The van der Waals surface area contributed by atoms with Crippen LogP contribution in [0.15, 0.2) is 18.2 Å². The molecule has 0 radical (unpaired) electrons. The van der Waals surface area contributed by atoms with Crippen molar-refractivity contribution in [2.45, 2.75) is 13.3 Å². The van der Waals surface area contributed by atoms with Crippen LogP contribution in [0.2, 0.25) is 0 Å². The van der Waals surface area contributed by atoms with Crippen molar-refractivity contribution in [2.75, 3.05) is 25.6 Å². The minimum absolute atomic E-state index is 0.00725. The summed E-state index contributed by atoms with van der Waals surface area (Å²) in [5.74, 6) is -0.636. The molecule has 0 amide bonds. The van der Waals surface area contributed by atoms with Gasteiger partial charge in [-0.3, -0.25) is 10.1 Å². The number of anilines is 1. The Labute approximate surface area is 110 Å². The van der Waals surface area contributed by atoms with E-state index in [-0.39, 0.29) is 23.5 Å². The Balaban J connectivity index is 2.57. The molecule has 0 spiro atoms. The second kappa shape index (κ2) is 7.32. The van der Waals surface area contributed by atoms with Crippen LogP contribution in [0, 0.1) is 10.1 Å². The molecule has 104 valence electrons. The minimum Gasteiger partial charge on any atom is -0.460 e. The first-order chi connectivity index (χ1) is 9.06. The minimum atomic E-state index is -0.642. The molecule has 0 saturated heterocycles. The zero-order valence-electron chi connectivity index (χ0n) is 10.6. The SMILES string of the molecule is CCCOCCOC(=O)c1ccc(N)c([N+](=O)[O-])c1. The first-order valence-electron chi connectivity index (χ1n) is 5.85. The number of nitrogens with two attached hydrogens (primary N) is 1. The van der Waals surface area contributed by atoms with Crippen molar-refractivity contribution in [2.24, 2.45) is 0 Å². The number of hydrogen-bond donors (Lipinski definition) is 1. The molecular weight excluding hydrogens is 252 g/mol. The van der Waals surface area contributed by atoms with Crippen LogP contribution in [0.1, 0.15) is 23.7 Å². The molecule has 0 aliphatic heterocycles. The zero-order chi connectivity index (χ0) is 14.3. The van der Waals surface area contributed by atoms with E-state index in [9.17, 15) is 14.9 Å². The number of benzene rings is 1. The van der Waals surface area contributed by atoms with Gasteiger partial charge in [-0.05, 0) is 18.6 Å². The molecule has 0 bridgehead atoms. The third-order valence-electron chi connectivity index (χ3n) is 2.27. The molecule has 0 aliphatic carbocycles. The van der Waals surface area contributed by atoms with Crippen LogP contribution in [0.25, 0.3) is 0 Å². The number of esters is 1. The van der Waals surface area contributed by atoms with Crippen molar-refractivity contribution in [1.82, 2.24) is 0 Å². The number of nitrogen functional groups attached to an aromatic ring is 1. The van der Waals surface area contributed by atoms with E-state index < -0.39 is 10.9 Å².